The Morgan fingerprint density at radius 1 is 0.574 bits per heavy atom. The second-order valence-electron chi connectivity index (χ2n) is 15.8. The highest BCUT2D eigenvalue weighted by atomic mass is 15.0. The van der Waals surface area contributed by atoms with E-state index < -0.39 is 0 Å². The van der Waals surface area contributed by atoms with Gasteiger partial charge in [0.15, 0.2) is 17.5 Å². The van der Waals surface area contributed by atoms with Gasteiger partial charge < -0.3 is 10.7 Å². The van der Waals surface area contributed by atoms with Crippen molar-refractivity contribution in [3.63, 3.8) is 0 Å². The molecule has 1 aliphatic heterocycles. The lowest BCUT2D eigenvalue weighted by atomic mass is 9.78. The van der Waals surface area contributed by atoms with Gasteiger partial charge in [-0.05, 0) is 94.3 Å². The van der Waals surface area contributed by atoms with Crippen molar-refractivity contribution in [3.05, 3.63) is 233 Å². The van der Waals surface area contributed by atoms with Gasteiger partial charge in [-0.3, -0.25) is 0 Å². The smallest absolute Gasteiger partial charge is 0.164 e. The maximum Gasteiger partial charge on any atom is 0.164 e. The fraction of sp³-hybridized carbons (Fsp3) is 0.107. The van der Waals surface area contributed by atoms with Crippen molar-refractivity contribution >= 4 is 28.5 Å². The molecule has 0 saturated heterocycles. The first-order valence-corrected chi connectivity index (χ1v) is 21.2. The van der Waals surface area contributed by atoms with Crippen LogP contribution in [0.1, 0.15) is 54.6 Å². The standard InChI is InChI=1S/C56H45N5/c57-37-50(40-19-7-2-8-20-40)53-49-30-14-13-29-48(49)51(52(58-53)41-21-9-3-10-22-41)46-27-15-25-44(35-46)45-26-16-28-47(36-45)56-60-54(42-23-11-4-12-24-42)59-55(61-56)43-33-31-39(32-34-43)38-17-5-1-6-18-38/h1-13,15-21,23-29,31,33,35-37,41,57-58H,14,22,30,32,34H2/b53-50+,57-37?. The van der Waals surface area contributed by atoms with Gasteiger partial charge in [-0.15, -0.1) is 0 Å². The molecule has 1 aromatic heterocycles. The fourth-order valence-corrected chi connectivity index (χ4v) is 8.88. The Labute approximate surface area is 357 Å². The van der Waals surface area contributed by atoms with Crippen molar-refractivity contribution in [1.29, 1.82) is 5.41 Å². The molecule has 0 saturated carbocycles. The Morgan fingerprint density at radius 3 is 1.87 bits per heavy atom. The van der Waals surface area contributed by atoms with Crippen LogP contribution in [-0.4, -0.2) is 21.2 Å². The summed E-state index contributed by atoms with van der Waals surface area (Å²) in [4.78, 5) is 15.3. The number of rotatable bonds is 9. The van der Waals surface area contributed by atoms with Crippen LogP contribution < -0.4 is 5.32 Å². The van der Waals surface area contributed by atoms with Gasteiger partial charge in [-0.2, -0.15) is 0 Å². The molecule has 10 rings (SSSR count). The Kier molecular flexibility index (Phi) is 10.5. The zero-order valence-electron chi connectivity index (χ0n) is 33.9. The second kappa shape index (κ2) is 17.0. The number of nitrogens with zero attached hydrogens (tertiary/aromatic N) is 3. The summed E-state index contributed by atoms with van der Waals surface area (Å²) in [5.74, 6) is 2.19. The number of benzene rings is 5. The van der Waals surface area contributed by atoms with E-state index in [-0.39, 0.29) is 5.92 Å². The molecule has 2 N–H and O–H groups in total. The molecule has 6 aromatic rings. The predicted molar refractivity (Wildman–Crippen MR) is 252 cm³/mol. The third kappa shape index (κ3) is 7.74. The fourth-order valence-electron chi connectivity index (χ4n) is 8.88. The summed E-state index contributed by atoms with van der Waals surface area (Å²) in [5.41, 5.74) is 16.8. The first kappa shape index (κ1) is 37.7. The molecule has 5 nitrogen and oxygen atoms in total. The number of dihydropyridines is 1. The minimum absolute atomic E-state index is 0.158. The lowest BCUT2D eigenvalue weighted by molar-refractivity contribution is 0.696. The molecule has 61 heavy (non-hydrogen) atoms. The van der Waals surface area contributed by atoms with Crippen LogP contribution in [0.25, 0.3) is 56.2 Å². The van der Waals surface area contributed by atoms with Crippen LogP contribution >= 0.6 is 0 Å². The van der Waals surface area contributed by atoms with E-state index in [9.17, 15) is 0 Å². The predicted octanol–water partition coefficient (Wildman–Crippen LogP) is 13.3. The van der Waals surface area contributed by atoms with Crippen LogP contribution in [0.15, 0.2) is 211 Å². The molecule has 1 atom stereocenters. The molecule has 5 aromatic carbocycles. The summed E-state index contributed by atoms with van der Waals surface area (Å²) in [5, 5.41) is 12.6. The average Bonchev–Trinajstić information content (AvgIpc) is 3.35. The lowest BCUT2D eigenvalue weighted by Gasteiger charge is -2.35. The van der Waals surface area contributed by atoms with E-state index >= 15 is 0 Å². The molecule has 5 heteroatoms. The van der Waals surface area contributed by atoms with Gasteiger partial charge in [-0.1, -0.05) is 176 Å². The van der Waals surface area contributed by atoms with E-state index in [4.69, 9.17) is 20.4 Å². The highest BCUT2D eigenvalue weighted by Gasteiger charge is 2.31. The highest BCUT2D eigenvalue weighted by Crippen LogP contribution is 2.45. The summed E-state index contributed by atoms with van der Waals surface area (Å²) in [7, 11) is 0. The second-order valence-corrected chi connectivity index (χ2v) is 15.8. The normalized spacial score (nSPS) is 17.9. The van der Waals surface area contributed by atoms with Crippen molar-refractivity contribution in [2.24, 2.45) is 5.92 Å². The van der Waals surface area contributed by atoms with Crippen molar-refractivity contribution in [2.45, 2.75) is 32.1 Å². The summed E-state index contributed by atoms with van der Waals surface area (Å²) >= 11 is 0. The molecule has 2 heterocycles. The summed E-state index contributed by atoms with van der Waals surface area (Å²) in [6, 6.07) is 48.6. The lowest BCUT2D eigenvalue weighted by Crippen LogP contribution is -2.29. The first-order chi connectivity index (χ1) is 30.2. The Bertz CT molecular complexity index is 2910. The summed E-state index contributed by atoms with van der Waals surface area (Å²) in [6.45, 7) is 0. The number of aromatic nitrogens is 3. The number of hydrogen-bond donors (Lipinski definition) is 2. The Morgan fingerprint density at radius 2 is 1.18 bits per heavy atom. The van der Waals surface area contributed by atoms with Crippen LogP contribution in [0.4, 0.5) is 0 Å². The zero-order chi connectivity index (χ0) is 41.0. The molecule has 294 valence electrons. The minimum atomic E-state index is 0.158. The number of hydrogen-bond acceptors (Lipinski definition) is 5. The van der Waals surface area contributed by atoms with Gasteiger partial charge in [0.2, 0.25) is 0 Å². The van der Waals surface area contributed by atoms with Crippen LogP contribution in [0.5, 0.6) is 0 Å². The summed E-state index contributed by atoms with van der Waals surface area (Å²) < 4.78 is 0. The number of allylic oxidation sites excluding steroid dienone is 14. The largest absolute Gasteiger partial charge is 0.357 e. The van der Waals surface area contributed by atoms with Crippen LogP contribution in [0.2, 0.25) is 0 Å². The van der Waals surface area contributed by atoms with Gasteiger partial charge in [0.1, 0.15) is 0 Å². The van der Waals surface area contributed by atoms with E-state index in [1.54, 1.807) is 0 Å². The number of nitrogens with one attached hydrogen (secondary N) is 2. The minimum Gasteiger partial charge on any atom is -0.357 e. The Hall–Kier alpha value is -7.50. The quantitative estimate of drug-likeness (QED) is 0.143. The molecule has 4 aliphatic rings. The van der Waals surface area contributed by atoms with Crippen molar-refractivity contribution < 1.29 is 0 Å². The van der Waals surface area contributed by atoms with E-state index in [0.29, 0.717) is 17.5 Å². The SMILES string of the molecule is N=C/C(=C1\NC(C2C=CC=CC2)=C(c2cccc(-c3cccc(-c4nc(C5=CC=C(c6ccccc6)CC5)nc(-c5ccccc5)n4)c3)c2)C2=C1CCC=C2)c1ccccc1. The van der Waals surface area contributed by atoms with E-state index in [0.717, 1.165) is 88.0 Å². The van der Waals surface area contributed by atoms with Gasteiger partial charge in [0.25, 0.3) is 0 Å². The van der Waals surface area contributed by atoms with Crippen molar-refractivity contribution in [2.75, 3.05) is 0 Å². The van der Waals surface area contributed by atoms with Gasteiger partial charge >= 0.3 is 0 Å². The van der Waals surface area contributed by atoms with Gasteiger partial charge in [0, 0.05) is 40.1 Å². The van der Waals surface area contributed by atoms with Crippen LogP contribution in [-0.2, 0) is 0 Å². The van der Waals surface area contributed by atoms with Crippen LogP contribution in [0.3, 0.4) is 0 Å². The molecule has 0 fully saturated rings. The van der Waals surface area contributed by atoms with Gasteiger partial charge in [-0.25, -0.2) is 15.0 Å². The molecule has 0 amide bonds. The van der Waals surface area contributed by atoms with Crippen LogP contribution in [0, 0.1) is 11.3 Å². The van der Waals surface area contributed by atoms with E-state index in [1.165, 1.54) is 34.1 Å². The molecule has 3 aliphatic carbocycles. The highest BCUT2D eigenvalue weighted by molar-refractivity contribution is 6.11. The first-order valence-electron chi connectivity index (χ1n) is 21.2. The zero-order valence-corrected chi connectivity index (χ0v) is 33.9. The third-order valence-electron chi connectivity index (χ3n) is 12.0. The topological polar surface area (TPSA) is 74.6 Å². The van der Waals surface area contributed by atoms with E-state index in [1.807, 2.05) is 36.4 Å². The monoisotopic (exact) mass is 787 g/mol. The third-order valence-corrected chi connectivity index (χ3v) is 12.0. The molecule has 1 unspecified atom stereocenters. The maximum absolute atomic E-state index is 8.60. The summed E-state index contributed by atoms with van der Waals surface area (Å²) in [6.07, 6.45) is 23.9. The maximum atomic E-state index is 8.60. The molecular formula is C56H45N5. The molecular weight excluding hydrogens is 743 g/mol. The van der Waals surface area contributed by atoms with Crippen molar-refractivity contribution in [3.8, 4) is 33.9 Å². The van der Waals surface area contributed by atoms with E-state index in [2.05, 4.69) is 157 Å². The van der Waals surface area contributed by atoms with Gasteiger partial charge in [0.05, 0.1) is 5.70 Å². The average molecular weight is 788 g/mol. The molecule has 0 radical (unpaired) electrons. The molecule has 0 bridgehead atoms. The Balaban J connectivity index is 1.06. The van der Waals surface area contributed by atoms with Crippen molar-refractivity contribution in [1.82, 2.24) is 20.3 Å². The molecule has 0 spiro atoms.